The number of nitrogens with one attached hydrogen (secondary N) is 2. The number of aliphatic hydroxyl groups excluding tert-OH is 1. The Labute approximate surface area is 206 Å². The van der Waals surface area contributed by atoms with Crippen LogP contribution in [0.5, 0.6) is 0 Å². The van der Waals surface area contributed by atoms with Crippen LogP contribution in [0.25, 0.3) is 10.9 Å². The molecule has 0 radical (unpaired) electrons. The fourth-order valence-corrected chi connectivity index (χ4v) is 6.76. The highest BCUT2D eigenvalue weighted by atomic mass is 35.5. The predicted octanol–water partition coefficient (Wildman–Crippen LogP) is 3.27. The molecule has 4 heterocycles. The molecular formula is C24H27ClN6O2S. The Morgan fingerprint density at radius 3 is 2.76 bits per heavy atom. The Balaban J connectivity index is 1.39. The third kappa shape index (κ3) is 3.57. The molecule has 0 amide bonds. The van der Waals surface area contributed by atoms with Crippen molar-refractivity contribution in [3.63, 3.8) is 0 Å². The van der Waals surface area contributed by atoms with Gasteiger partial charge in [0.2, 0.25) is 10.8 Å². The number of aliphatic hydroxyl groups is 1. The van der Waals surface area contributed by atoms with Crippen molar-refractivity contribution < 1.29 is 9.66 Å². The second-order valence-corrected chi connectivity index (χ2v) is 11.3. The standard InChI is InChI=1S/C24H27ClN6O2S/c1-26-21-17-12-31(9-5-15(17)16-4-3-14(25)11-19(16)27-21)23-28-18-6-10-34(33)20(18)22(29-23)30-24(13-32)7-2-8-24/h3-4,11,32H,2,5-10,12-13H2,1H3,(H,26,27)(H,28,29,30)/t34-/m1/s1. The van der Waals surface area contributed by atoms with Crippen molar-refractivity contribution in [3.8, 4) is 0 Å². The number of nitrogens with zero attached hydrogens (tertiary/aromatic N) is 4. The van der Waals surface area contributed by atoms with Gasteiger partial charge in [-0.3, -0.25) is 0 Å². The fraction of sp³-hybridized carbons (Fsp3) is 0.458. The maximum atomic E-state index is 12.7. The molecule has 3 aromatic rings. The largest absolute Gasteiger partial charge is 0.611 e. The lowest BCUT2D eigenvalue weighted by Crippen LogP contribution is -2.49. The van der Waals surface area contributed by atoms with Gasteiger partial charge in [-0.05, 0) is 54.6 Å². The minimum Gasteiger partial charge on any atom is -0.611 e. The zero-order valence-corrected chi connectivity index (χ0v) is 20.6. The molecule has 0 unspecified atom stereocenters. The van der Waals surface area contributed by atoms with Crippen LogP contribution in [0.1, 0.15) is 36.1 Å². The molecule has 2 aliphatic heterocycles. The van der Waals surface area contributed by atoms with Gasteiger partial charge in [-0.2, -0.15) is 4.98 Å². The molecule has 34 heavy (non-hydrogen) atoms. The average molecular weight is 499 g/mol. The van der Waals surface area contributed by atoms with Gasteiger partial charge in [0.15, 0.2) is 5.82 Å². The monoisotopic (exact) mass is 498 g/mol. The second-order valence-electron chi connectivity index (χ2n) is 9.37. The summed E-state index contributed by atoms with van der Waals surface area (Å²) in [7, 11) is 1.88. The lowest BCUT2D eigenvalue weighted by atomic mass is 9.77. The molecule has 0 spiro atoms. The molecular weight excluding hydrogens is 472 g/mol. The van der Waals surface area contributed by atoms with Gasteiger partial charge in [-0.1, -0.05) is 17.7 Å². The van der Waals surface area contributed by atoms with Crippen LogP contribution in [-0.4, -0.2) is 56.1 Å². The molecule has 1 aromatic carbocycles. The van der Waals surface area contributed by atoms with Gasteiger partial charge in [0, 0.05) is 42.5 Å². The SMILES string of the molecule is CNc1nc2cc(Cl)ccc2c2c1CN(c1nc3c(c(NC4(CO)CCC4)n1)[S@+]([O-])CC3)CC2. The van der Waals surface area contributed by atoms with Crippen molar-refractivity contribution in [3.05, 3.63) is 40.0 Å². The minimum atomic E-state index is -1.11. The first-order chi connectivity index (χ1) is 16.5. The minimum absolute atomic E-state index is 0.0408. The van der Waals surface area contributed by atoms with E-state index in [1.807, 2.05) is 19.2 Å². The number of halogens is 1. The summed E-state index contributed by atoms with van der Waals surface area (Å²) in [6.07, 6.45) is 4.35. The summed E-state index contributed by atoms with van der Waals surface area (Å²) in [6.45, 7) is 1.44. The van der Waals surface area contributed by atoms with Gasteiger partial charge >= 0.3 is 0 Å². The van der Waals surface area contributed by atoms with Crippen LogP contribution >= 0.6 is 11.6 Å². The molecule has 0 bridgehead atoms. The van der Waals surface area contributed by atoms with E-state index in [-0.39, 0.29) is 12.1 Å². The van der Waals surface area contributed by atoms with E-state index in [1.165, 1.54) is 5.56 Å². The summed E-state index contributed by atoms with van der Waals surface area (Å²) in [5.74, 6) is 2.66. The number of aromatic nitrogens is 3. The molecule has 8 nitrogen and oxygen atoms in total. The van der Waals surface area contributed by atoms with Gasteiger partial charge in [-0.25, -0.2) is 9.97 Å². The molecule has 1 fully saturated rings. The van der Waals surface area contributed by atoms with E-state index >= 15 is 0 Å². The van der Waals surface area contributed by atoms with Crippen LogP contribution in [0.3, 0.4) is 0 Å². The highest BCUT2D eigenvalue weighted by Gasteiger charge is 2.41. The van der Waals surface area contributed by atoms with Crippen molar-refractivity contribution in [2.24, 2.45) is 0 Å². The highest BCUT2D eigenvalue weighted by Crippen LogP contribution is 2.40. The molecule has 3 N–H and O–H groups in total. The number of anilines is 3. The average Bonchev–Trinajstić information content (AvgIpc) is 3.21. The Hall–Kier alpha value is -2.33. The van der Waals surface area contributed by atoms with Gasteiger partial charge in [-0.15, -0.1) is 0 Å². The first-order valence-corrected chi connectivity index (χ1v) is 13.4. The molecule has 10 heteroatoms. The number of aryl methyl sites for hydroxylation is 1. The quantitative estimate of drug-likeness (QED) is 0.460. The Morgan fingerprint density at radius 2 is 2.03 bits per heavy atom. The summed E-state index contributed by atoms with van der Waals surface area (Å²) < 4.78 is 12.7. The van der Waals surface area contributed by atoms with Crippen molar-refractivity contribution >= 4 is 51.3 Å². The molecule has 178 valence electrons. The van der Waals surface area contributed by atoms with Gasteiger partial charge in [0.25, 0.3) is 0 Å². The molecule has 2 aromatic heterocycles. The number of fused-ring (bicyclic) bond motifs is 4. The number of hydrogen-bond donors (Lipinski definition) is 3. The van der Waals surface area contributed by atoms with Crippen molar-refractivity contribution in [2.75, 3.05) is 41.5 Å². The van der Waals surface area contributed by atoms with Crippen LogP contribution in [-0.2, 0) is 30.6 Å². The zero-order chi connectivity index (χ0) is 23.4. The first kappa shape index (κ1) is 22.2. The molecule has 1 saturated carbocycles. The van der Waals surface area contributed by atoms with E-state index in [2.05, 4.69) is 21.6 Å². The summed E-state index contributed by atoms with van der Waals surface area (Å²) in [5, 5.41) is 18.5. The molecule has 6 rings (SSSR count). The number of benzene rings is 1. The first-order valence-electron chi connectivity index (χ1n) is 11.7. The van der Waals surface area contributed by atoms with E-state index in [1.54, 1.807) is 0 Å². The molecule has 0 saturated heterocycles. The number of hydrogen-bond acceptors (Lipinski definition) is 8. The number of rotatable bonds is 5. The maximum Gasteiger partial charge on any atom is 0.228 e. The summed E-state index contributed by atoms with van der Waals surface area (Å²) in [4.78, 5) is 17.4. The Bertz CT molecular complexity index is 1280. The van der Waals surface area contributed by atoms with Crippen molar-refractivity contribution in [1.29, 1.82) is 0 Å². The smallest absolute Gasteiger partial charge is 0.228 e. The topological polar surface area (TPSA) is 109 Å². The van der Waals surface area contributed by atoms with Crippen LogP contribution in [0, 0.1) is 0 Å². The maximum absolute atomic E-state index is 12.7. The summed E-state index contributed by atoms with van der Waals surface area (Å²) in [6, 6.07) is 5.87. The van der Waals surface area contributed by atoms with Crippen LogP contribution in [0.15, 0.2) is 23.1 Å². The van der Waals surface area contributed by atoms with E-state index < -0.39 is 11.2 Å². The predicted molar refractivity (Wildman–Crippen MR) is 135 cm³/mol. The molecule has 3 aliphatic rings. The van der Waals surface area contributed by atoms with E-state index in [0.717, 1.165) is 60.2 Å². The zero-order valence-electron chi connectivity index (χ0n) is 19.0. The highest BCUT2D eigenvalue weighted by molar-refractivity contribution is 7.91. The van der Waals surface area contributed by atoms with Crippen LogP contribution in [0.4, 0.5) is 17.6 Å². The van der Waals surface area contributed by atoms with Gasteiger partial charge in [0.05, 0.1) is 17.7 Å². The second kappa shape index (κ2) is 8.41. The third-order valence-electron chi connectivity index (χ3n) is 7.34. The normalized spacial score (nSPS) is 20.6. The van der Waals surface area contributed by atoms with E-state index in [9.17, 15) is 9.66 Å². The molecule has 1 atom stereocenters. The van der Waals surface area contributed by atoms with E-state index in [0.29, 0.717) is 40.4 Å². The fourth-order valence-electron chi connectivity index (χ4n) is 5.28. The van der Waals surface area contributed by atoms with Crippen LogP contribution < -0.4 is 15.5 Å². The van der Waals surface area contributed by atoms with Crippen molar-refractivity contribution in [2.45, 2.75) is 49.1 Å². The Morgan fingerprint density at radius 1 is 1.18 bits per heavy atom. The van der Waals surface area contributed by atoms with Crippen LogP contribution in [0.2, 0.25) is 5.02 Å². The summed E-state index contributed by atoms with van der Waals surface area (Å²) in [5.41, 5.74) is 3.78. The van der Waals surface area contributed by atoms with Crippen molar-refractivity contribution in [1.82, 2.24) is 15.0 Å². The van der Waals surface area contributed by atoms with E-state index in [4.69, 9.17) is 26.6 Å². The number of pyridine rings is 1. The van der Waals surface area contributed by atoms with Gasteiger partial charge in [0.1, 0.15) is 17.3 Å². The van der Waals surface area contributed by atoms with Gasteiger partial charge < -0.3 is 25.2 Å². The lowest BCUT2D eigenvalue weighted by Gasteiger charge is -2.41. The third-order valence-corrected chi connectivity index (χ3v) is 9.03. The lowest BCUT2D eigenvalue weighted by molar-refractivity contribution is 0.143. The Kier molecular flexibility index (Phi) is 5.48. The summed E-state index contributed by atoms with van der Waals surface area (Å²) >= 11 is 5.10. The molecule has 1 aliphatic carbocycles.